The van der Waals surface area contributed by atoms with Crippen LogP contribution in [0.2, 0.25) is 0 Å². The lowest BCUT2D eigenvalue weighted by atomic mass is 9.85. The Hall–Kier alpha value is -2.10. The van der Waals surface area contributed by atoms with Crippen LogP contribution in [0, 0.1) is 17.8 Å². The van der Waals surface area contributed by atoms with Crippen molar-refractivity contribution in [2.45, 2.75) is 19.8 Å². The number of carbonyl (C=O) groups excluding carboxylic acids is 2. The molecule has 2 heterocycles. The standard InChI is InChI=1S/C16H16O4/c1-10-11(15(17)13-4-2-8-19-13)6-7-12(10)16(18)14-5-3-9-20-14/h2-5,8-12H,6-7H2,1H3/t11-,12-/m1/s1. The van der Waals surface area contributed by atoms with E-state index in [0.717, 1.165) is 12.8 Å². The third-order valence-corrected chi connectivity index (χ3v) is 4.26. The highest BCUT2D eigenvalue weighted by molar-refractivity contribution is 5.99. The first-order chi connectivity index (χ1) is 9.68. The Labute approximate surface area is 116 Å². The molecule has 0 spiro atoms. The van der Waals surface area contributed by atoms with Crippen LogP contribution in [0.3, 0.4) is 0 Å². The molecular weight excluding hydrogens is 256 g/mol. The number of hydrogen-bond acceptors (Lipinski definition) is 4. The van der Waals surface area contributed by atoms with Gasteiger partial charge < -0.3 is 8.83 Å². The lowest BCUT2D eigenvalue weighted by Crippen LogP contribution is -2.24. The molecule has 2 aromatic rings. The molecular formula is C16H16O4. The van der Waals surface area contributed by atoms with Gasteiger partial charge in [-0.05, 0) is 43.0 Å². The van der Waals surface area contributed by atoms with Crippen molar-refractivity contribution in [3.63, 3.8) is 0 Å². The fourth-order valence-electron chi connectivity index (χ4n) is 3.11. The van der Waals surface area contributed by atoms with Crippen molar-refractivity contribution in [3.8, 4) is 0 Å². The summed E-state index contributed by atoms with van der Waals surface area (Å²) in [4.78, 5) is 24.7. The summed E-state index contributed by atoms with van der Waals surface area (Å²) < 4.78 is 10.3. The second-order valence-electron chi connectivity index (χ2n) is 5.33. The molecule has 1 fully saturated rings. The molecule has 0 unspecified atom stereocenters. The summed E-state index contributed by atoms with van der Waals surface area (Å²) in [6.07, 6.45) is 4.44. The molecule has 3 rings (SSSR count). The van der Waals surface area contributed by atoms with Crippen LogP contribution >= 0.6 is 0 Å². The molecule has 0 aliphatic heterocycles. The highest BCUT2D eigenvalue weighted by Crippen LogP contribution is 2.40. The first-order valence-corrected chi connectivity index (χ1v) is 6.84. The molecule has 0 bridgehead atoms. The molecule has 4 nitrogen and oxygen atoms in total. The van der Waals surface area contributed by atoms with Gasteiger partial charge in [-0.2, -0.15) is 0 Å². The predicted octanol–water partition coefficient (Wildman–Crippen LogP) is 3.60. The lowest BCUT2D eigenvalue weighted by molar-refractivity contribution is 0.0811. The topological polar surface area (TPSA) is 60.4 Å². The van der Waals surface area contributed by atoms with E-state index in [2.05, 4.69) is 0 Å². The quantitative estimate of drug-likeness (QED) is 0.798. The minimum atomic E-state index is -0.148. The van der Waals surface area contributed by atoms with Gasteiger partial charge in [0.25, 0.3) is 0 Å². The summed E-state index contributed by atoms with van der Waals surface area (Å²) in [6, 6.07) is 6.77. The fourth-order valence-corrected chi connectivity index (χ4v) is 3.11. The summed E-state index contributed by atoms with van der Waals surface area (Å²) in [5, 5.41) is 0. The van der Waals surface area contributed by atoms with Crippen molar-refractivity contribution in [2.24, 2.45) is 17.8 Å². The van der Waals surface area contributed by atoms with Crippen LogP contribution < -0.4 is 0 Å². The van der Waals surface area contributed by atoms with Crippen LogP contribution in [-0.2, 0) is 0 Å². The van der Waals surface area contributed by atoms with Crippen molar-refractivity contribution < 1.29 is 18.4 Å². The zero-order chi connectivity index (χ0) is 14.1. The molecule has 0 aromatic carbocycles. The molecule has 104 valence electrons. The minimum absolute atomic E-state index is 0.00255. The molecule has 0 radical (unpaired) electrons. The van der Waals surface area contributed by atoms with Crippen LogP contribution in [0.5, 0.6) is 0 Å². The van der Waals surface area contributed by atoms with Crippen LogP contribution in [-0.4, -0.2) is 11.6 Å². The number of furan rings is 2. The molecule has 4 heteroatoms. The molecule has 2 atom stereocenters. The summed E-state index contributed by atoms with van der Waals surface area (Å²) in [7, 11) is 0. The molecule has 0 amide bonds. The van der Waals surface area contributed by atoms with Crippen LogP contribution in [0.4, 0.5) is 0 Å². The molecule has 20 heavy (non-hydrogen) atoms. The SMILES string of the molecule is CC1[C@H](C(=O)c2ccco2)CC[C@H]1C(=O)c1ccco1. The monoisotopic (exact) mass is 272 g/mol. The number of hydrogen-bond donors (Lipinski definition) is 0. The smallest absolute Gasteiger partial charge is 0.201 e. The molecule has 2 aromatic heterocycles. The lowest BCUT2D eigenvalue weighted by Gasteiger charge is -2.17. The van der Waals surface area contributed by atoms with Gasteiger partial charge in [0.05, 0.1) is 12.5 Å². The highest BCUT2D eigenvalue weighted by Gasteiger charge is 2.42. The summed E-state index contributed by atoms with van der Waals surface area (Å²) in [5.74, 6) is 0.468. The second-order valence-corrected chi connectivity index (χ2v) is 5.33. The Morgan fingerprint density at radius 3 is 1.75 bits per heavy atom. The number of carbonyl (C=O) groups is 2. The van der Waals surface area contributed by atoms with Crippen LogP contribution in [0.1, 0.15) is 40.9 Å². The molecule has 0 saturated heterocycles. The van der Waals surface area contributed by atoms with Crippen molar-refractivity contribution >= 4 is 11.6 Å². The zero-order valence-corrected chi connectivity index (χ0v) is 11.2. The van der Waals surface area contributed by atoms with E-state index in [4.69, 9.17) is 8.83 Å². The molecule has 1 saturated carbocycles. The normalized spacial score (nSPS) is 23.1. The third kappa shape index (κ3) is 2.11. The Kier molecular flexibility index (Phi) is 3.30. The van der Waals surface area contributed by atoms with Crippen molar-refractivity contribution in [2.75, 3.05) is 0 Å². The van der Waals surface area contributed by atoms with Crippen molar-refractivity contribution in [1.82, 2.24) is 0 Å². The third-order valence-electron chi connectivity index (χ3n) is 4.26. The van der Waals surface area contributed by atoms with E-state index in [1.165, 1.54) is 12.5 Å². The highest BCUT2D eigenvalue weighted by atomic mass is 16.3. The maximum atomic E-state index is 12.3. The Morgan fingerprint density at radius 1 is 0.950 bits per heavy atom. The summed E-state index contributed by atoms with van der Waals surface area (Å²) in [6.45, 7) is 1.96. The van der Waals surface area contributed by atoms with Gasteiger partial charge in [0.2, 0.25) is 11.6 Å². The minimum Gasteiger partial charge on any atom is -0.461 e. The molecule has 1 aliphatic carbocycles. The maximum Gasteiger partial charge on any atom is 0.201 e. The van der Waals surface area contributed by atoms with Gasteiger partial charge in [-0.25, -0.2) is 0 Å². The second kappa shape index (κ2) is 5.12. The first-order valence-electron chi connectivity index (χ1n) is 6.84. The Morgan fingerprint density at radius 2 is 1.40 bits per heavy atom. The zero-order valence-electron chi connectivity index (χ0n) is 11.2. The predicted molar refractivity (Wildman–Crippen MR) is 71.5 cm³/mol. The summed E-state index contributed by atoms with van der Waals surface area (Å²) >= 11 is 0. The van der Waals surface area contributed by atoms with Crippen molar-refractivity contribution in [1.29, 1.82) is 0 Å². The van der Waals surface area contributed by atoms with Crippen LogP contribution in [0.25, 0.3) is 0 Å². The maximum absolute atomic E-state index is 12.3. The van der Waals surface area contributed by atoms with E-state index in [1.807, 2.05) is 6.92 Å². The van der Waals surface area contributed by atoms with Gasteiger partial charge in [0.15, 0.2) is 11.5 Å². The van der Waals surface area contributed by atoms with E-state index in [0.29, 0.717) is 11.5 Å². The fraction of sp³-hybridized carbons (Fsp3) is 0.375. The van der Waals surface area contributed by atoms with E-state index >= 15 is 0 Å². The van der Waals surface area contributed by atoms with E-state index in [9.17, 15) is 9.59 Å². The largest absolute Gasteiger partial charge is 0.461 e. The molecule has 0 N–H and O–H groups in total. The van der Waals surface area contributed by atoms with Gasteiger partial charge in [0, 0.05) is 11.8 Å². The average molecular weight is 272 g/mol. The van der Waals surface area contributed by atoms with E-state index in [1.54, 1.807) is 24.3 Å². The first kappa shape index (κ1) is 12.9. The van der Waals surface area contributed by atoms with E-state index < -0.39 is 0 Å². The van der Waals surface area contributed by atoms with Crippen LogP contribution in [0.15, 0.2) is 45.6 Å². The van der Waals surface area contributed by atoms with Gasteiger partial charge in [-0.3, -0.25) is 9.59 Å². The van der Waals surface area contributed by atoms with Crippen molar-refractivity contribution in [3.05, 3.63) is 48.3 Å². The average Bonchev–Trinajstić information content (AvgIpc) is 3.19. The number of rotatable bonds is 4. The summed E-state index contributed by atoms with van der Waals surface area (Å²) in [5.41, 5.74) is 0. The van der Waals surface area contributed by atoms with Gasteiger partial charge >= 0.3 is 0 Å². The van der Waals surface area contributed by atoms with E-state index in [-0.39, 0.29) is 29.3 Å². The van der Waals surface area contributed by atoms with Gasteiger partial charge in [0.1, 0.15) is 0 Å². The molecule has 1 aliphatic rings. The van der Waals surface area contributed by atoms with Gasteiger partial charge in [-0.1, -0.05) is 6.92 Å². The van der Waals surface area contributed by atoms with Gasteiger partial charge in [-0.15, -0.1) is 0 Å². The number of Topliss-reactive ketones (excluding diaryl/α,β-unsaturated/α-hetero) is 2. The number of ketones is 2. The Balaban J connectivity index is 1.76. The Bertz CT molecular complexity index is 540.